The Morgan fingerprint density at radius 1 is 1.33 bits per heavy atom. The summed E-state index contributed by atoms with van der Waals surface area (Å²) in [7, 11) is 0. The van der Waals surface area contributed by atoms with E-state index in [1.54, 1.807) is 0 Å². The van der Waals surface area contributed by atoms with Crippen LogP contribution in [0.25, 0.3) is 0 Å². The number of hydrogen-bond acceptors (Lipinski definition) is 4. The zero-order valence-corrected chi connectivity index (χ0v) is 14.4. The maximum atomic E-state index is 12.3. The van der Waals surface area contributed by atoms with Gasteiger partial charge < -0.3 is 9.84 Å². The number of rotatable bonds is 7. The quantitative estimate of drug-likeness (QED) is 0.846. The molecule has 0 aliphatic heterocycles. The zero-order chi connectivity index (χ0) is 16.9. The number of aromatic nitrogens is 2. The molecule has 0 saturated carbocycles. The minimum atomic E-state index is 0.0943. The van der Waals surface area contributed by atoms with E-state index < -0.39 is 0 Å². The highest BCUT2D eigenvalue weighted by Gasteiger charge is 2.29. The van der Waals surface area contributed by atoms with Gasteiger partial charge in [-0.05, 0) is 36.3 Å². The van der Waals surface area contributed by atoms with Crippen LogP contribution in [0.2, 0.25) is 0 Å². The molecule has 1 heterocycles. The molecule has 0 fully saturated rings. The van der Waals surface area contributed by atoms with E-state index >= 15 is 0 Å². The lowest BCUT2D eigenvalue weighted by molar-refractivity contribution is -0.122. The van der Waals surface area contributed by atoms with Crippen LogP contribution >= 0.6 is 0 Å². The van der Waals surface area contributed by atoms with Crippen molar-refractivity contribution in [2.24, 2.45) is 5.92 Å². The van der Waals surface area contributed by atoms with Crippen molar-refractivity contribution < 1.29 is 9.32 Å². The molecule has 2 aromatic rings. The summed E-state index contributed by atoms with van der Waals surface area (Å²) in [5.41, 5.74) is 2.61. The van der Waals surface area contributed by atoms with Crippen molar-refractivity contribution in [2.75, 3.05) is 0 Å². The lowest BCUT2D eigenvalue weighted by Gasteiger charge is -2.18. The summed E-state index contributed by atoms with van der Waals surface area (Å²) in [5.74, 6) is 1.93. The standard InChI is InChI=1S/C19H25N3O2/c1-3-7-16-20-18(24-22-16)11-6-10-17(23)21-19-13(2)12-14-8-4-5-9-15(14)19/h4-5,8-9,13,19H,3,6-7,10-12H2,1-2H3,(H,21,23)/t13-,19+/m0/s1. The molecular weight excluding hydrogens is 302 g/mol. The number of carbonyl (C=O) groups excluding carboxylic acids is 1. The van der Waals surface area contributed by atoms with Crippen LogP contribution in [0.4, 0.5) is 0 Å². The first-order chi connectivity index (χ1) is 11.7. The summed E-state index contributed by atoms with van der Waals surface area (Å²) in [6.45, 7) is 4.28. The molecule has 24 heavy (non-hydrogen) atoms. The summed E-state index contributed by atoms with van der Waals surface area (Å²) < 4.78 is 5.20. The molecule has 0 radical (unpaired) electrons. The zero-order valence-electron chi connectivity index (χ0n) is 14.4. The van der Waals surface area contributed by atoms with Crippen LogP contribution < -0.4 is 5.32 Å². The Labute approximate surface area is 142 Å². The monoisotopic (exact) mass is 327 g/mol. The topological polar surface area (TPSA) is 68.0 Å². The summed E-state index contributed by atoms with van der Waals surface area (Å²) in [4.78, 5) is 16.6. The second-order valence-electron chi connectivity index (χ2n) is 6.63. The van der Waals surface area contributed by atoms with Gasteiger partial charge >= 0.3 is 0 Å². The van der Waals surface area contributed by atoms with E-state index in [4.69, 9.17) is 4.52 Å². The number of nitrogens with one attached hydrogen (secondary N) is 1. The first-order valence-electron chi connectivity index (χ1n) is 8.86. The predicted molar refractivity (Wildman–Crippen MR) is 91.4 cm³/mol. The van der Waals surface area contributed by atoms with Crippen LogP contribution in [0, 0.1) is 5.92 Å². The fourth-order valence-corrected chi connectivity index (χ4v) is 3.38. The Kier molecular flexibility index (Phi) is 5.28. The SMILES string of the molecule is CCCc1noc(CCCC(=O)N[C@H]2c3ccccc3C[C@@H]2C)n1. The smallest absolute Gasteiger partial charge is 0.226 e. The molecule has 0 saturated heterocycles. The number of hydrogen-bond donors (Lipinski definition) is 1. The van der Waals surface area contributed by atoms with Gasteiger partial charge in [0.15, 0.2) is 5.82 Å². The maximum absolute atomic E-state index is 12.3. The molecule has 1 amide bonds. The summed E-state index contributed by atoms with van der Waals surface area (Å²) >= 11 is 0. The second kappa shape index (κ2) is 7.60. The summed E-state index contributed by atoms with van der Waals surface area (Å²) in [6.07, 6.45) is 4.73. The number of benzene rings is 1. The van der Waals surface area contributed by atoms with Gasteiger partial charge in [-0.2, -0.15) is 4.98 Å². The van der Waals surface area contributed by atoms with Crippen molar-refractivity contribution in [1.82, 2.24) is 15.5 Å². The van der Waals surface area contributed by atoms with Gasteiger partial charge in [0.1, 0.15) is 0 Å². The Morgan fingerprint density at radius 2 is 2.17 bits per heavy atom. The lowest BCUT2D eigenvalue weighted by Crippen LogP contribution is -2.30. The fraction of sp³-hybridized carbons (Fsp3) is 0.526. The predicted octanol–water partition coefficient (Wildman–Crippen LogP) is 3.39. The van der Waals surface area contributed by atoms with E-state index in [0.29, 0.717) is 24.7 Å². The average molecular weight is 327 g/mol. The van der Waals surface area contributed by atoms with Crippen molar-refractivity contribution in [3.8, 4) is 0 Å². The molecule has 128 valence electrons. The van der Waals surface area contributed by atoms with Crippen LogP contribution in [0.15, 0.2) is 28.8 Å². The third-order valence-electron chi connectivity index (χ3n) is 4.60. The van der Waals surface area contributed by atoms with Gasteiger partial charge in [0.25, 0.3) is 0 Å². The maximum Gasteiger partial charge on any atom is 0.226 e. The third-order valence-corrected chi connectivity index (χ3v) is 4.60. The molecular formula is C19H25N3O2. The van der Waals surface area contributed by atoms with E-state index in [1.807, 2.05) is 6.07 Å². The van der Waals surface area contributed by atoms with Gasteiger partial charge in [0.2, 0.25) is 11.8 Å². The van der Waals surface area contributed by atoms with Crippen LogP contribution in [0.3, 0.4) is 0 Å². The van der Waals surface area contributed by atoms with Crippen molar-refractivity contribution in [3.63, 3.8) is 0 Å². The molecule has 1 aromatic carbocycles. The molecule has 0 unspecified atom stereocenters. The van der Waals surface area contributed by atoms with E-state index in [-0.39, 0.29) is 11.9 Å². The van der Waals surface area contributed by atoms with Crippen LogP contribution in [0.1, 0.15) is 62.0 Å². The molecule has 0 bridgehead atoms. The van der Waals surface area contributed by atoms with Crippen molar-refractivity contribution in [1.29, 1.82) is 0 Å². The lowest BCUT2D eigenvalue weighted by atomic mass is 10.0. The van der Waals surface area contributed by atoms with Crippen LogP contribution in [-0.4, -0.2) is 16.0 Å². The molecule has 0 spiro atoms. The molecule has 1 aliphatic carbocycles. The summed E-state index contributed by atoms with van der Waals surface area (Å²) in [6, 6.07) is 8.51. The molecule has 5 nitrogen and oxygen atoms in total. The largest absolute Gasteiger partial charge is 0.349 e. The van der Waals surface area contributed by atoms with Gasteiger partial charge in [0.05, 0.1) is 6.04 Å². The molecule has 2 atom stereocenters. The van der Waals surface area contributed by atoms with E-state index in [0.717, 1.165) is 31.5 Å². The third kappa shape index (κ3) is 3.83. The number of amides is 1. The number of aryl methyl sites for hydroxylation is 2. The van der Waals surface area contributed by atoms with E-state index in [2.05, 4.69) is 47.5 Å². The van der Waals surface area contributed by atoms with E-state index in [1.165, 1.54) is 11.1 Å². The molecule has 1 aliphatic rings. The normalized spacial score (nSPS) is 19.2. The Morgan fingerprint density at radius 3 is 3.00 bits per heavy atom. The first-order valence-corrected chi connectivity index (χ1v) is 8.86. The van der Waals surface area contributed by atoms with Gasteiger partial charge in [-0.15, -0.1) is 0 Å². The fourth-order valence-electron chi connectivity index (χ4n) is 3.38. The molecule has 1 aromatic heterocycles. The van der Waals surface area contributed by atoms with Gasteiger partial charge in [-0.1, -0.05) is 43.3 Å². The number of nitrogens with zero attached hydrogens (tertiary/aromatic N) is 2. The van der Waals surface area contributed by atoms with Gasteiger partial charge in [-0.3, -0.25) is 4.79 Å². The van der Waals surface area contributed by atoms with Crippen molar-refractivity contribution in [2.45, 2.75) is 58.4 Å². The number of fused-ring (bicyclic) bond motifs is 1. The van der Waals surface area contributed by atoms with Gasteiger partial charge in [-0.25, -0.2) is 0 Å². The highest BCUT2D eigenvalue weighted by atomic mass is 16.5. The first kappa shape index (κ1) is 16.7. The van der Waals surface area contributed by atoms with Crippen molar-refractivity contribution >= 4 is 5.91 Å². The van der Waals surface area contributed by atoms with E-state index in [9.17, 15) is 4.79 Å². The Balaban J connectivity index is 1.47. The minimum Gasteiger partial charge on any atom is -0.349 e. The Bertz CT molecular complexity index is 695. The average Bonchev–Trinajstić information content (AvgIpc) is 3.13. The second-order valence-corrected chi connectivity index (χ2v) is 6.63. The highest BCUT2D eigenvalue weighted by Crippen LogP contribution is 2.35. The molecule has 3 rings (SSSR count). The Hall–Kier alpha value is -2.17. The van der Waals surface area contributed by atoms with Gasteiger partial charge in [0, 0.05) is 19.3 Å². The minimum absolute atomic E-state index is 0.0943. The van der Waals surface area contributed by atoms with Crippen molar-refractivity contribution in [3.05, 3.63) is 47.1 Å². The summed E-state index contributed by atoms with van der Waals surface area (Å²) in [5, 5.41) is 7.13. The van der Waals surface area contributed by atoms with Crippen LogP contribution in [0.5, 0.6) is 0 Å². The highest BCUT2D eigenvalue weighted by molar-refractivity contribution is 5.76. The van der Waals surface area contributed by atoms with Crippen LogP contribution in [-0.2, 0) is 24.1 Å². The molecule has 1 N–H and O–H groups in total. The number of carbonyl (C=O) groups is 1. The molecule has 5 heteroatoms.